The molecule has 0 aromatic rings. The van der Waals surface area contributed by atoms with Crippen molar-refractivity contribution in [2.75, 3.05) is 19.6 Å². The van der Waals surface area contributed by atoms with E-state index in [-0.39, 0.29) is 17.7 Å². The highest BCUT2D eigenvalue weighted by Gasteiger charge is 2.25. The molecule has 3 N–H and O–H groups in total. The number of hydrogen-bond acceptors (Lipinski definition) is 3. The first kappa shape index (κ1) is 15.3. The number of rotatable bonds is 5. The van der Waals surface area contributed by atoms with Crippen LogP contribution in [0.2, 0.25) is 0 Å². The highest BCUT2D eigenvalue weighted by molar-refractivity contribution is 5.86. The first-order valence-electron chi connectivity index (χ1n) is 8.03. The number of carbonyl (C=O) groups is 2. The van der Waals surface area contributed by atoms with Crippen LogP contribution in [0.4, 0.5) is 0 Å². The minimum Gasteiger partial charge on any atom is -0.356 e. The van der Waals surface area contributed by atoms with Crippen LogP contribution in [0.15, 0.2) is 0 Å². The van der Waals surface area contributed by atoms with Gasteiger partial charge in [-0.2, -0.15) is 0 Å². The highest BCUT2D eigenvalue weighted by Crippen LogP contribution is 2.17. The smallest absolute Gasteiger partial charge is 0.223 e. The summed E-state index contributed by atoms with van der Waals surface area (Å²) < 4.78 is 0. The zero-order valence-corrected chi connectivity index (χ0v) is 12.2. The maximum absolute atomic E-state index is 11.9. The Labute approximate surface area is 121 Å². The Morgan fingerprint density at radius 2 is 1.85 bits per heavy atom. The molecule has 1 aliphatic heterocycles. The molecule has 1 unspecified atom stereocenters. The maximum Gasteiger partial charge on any atom is 0.223 e. The number of piperidine rings is 1. The van der Waals surface area contributed by atoms with Crippen LogP contribution in [-0.4, -0.2) is 37.5 Å². The number of carbonyl (C=O) groups excluding carboxylic acids is 2. The van der Waals surface area contributed by atoms with E-state index in [1.165, 1.54) is 38.5 Å². The van der Waals surface area contributed by atoms with Crippen molar-refractivity contribution >= 4 is 11.8 Å². The van der Waals surface area contributed by atoms with Crippen molar-refractivity contribution in [1.82, 2.24) is 16.0 Å². The van der Waals surface area contributed by atoms with E-state index in [4.69, 9.17) is 0 Å². The van der Waals surface area contributed by atoms with Gasteiger partial charge >= 0.3 is 0 Å². The second-order valence-corrected chi connectivity index (χ2v) is 5.97. The lowest BCUT2D eigenvalue weighted by Crippen LogP contribution is -2.43. The van der Waals surface area contributed by atoms with Crippen molar-refractivity contribution in [3.63, 3.8) is 0 Å². The molecule has 0 aromatic carbocycles. The molecule has 0 radical (unpaired) electrons. The molecule has 5 nitrogen and oxygen atoms in total. The van der Waals surface area contributed by atoms with Gasteiger partial charge < -0.3 is 16.0 Å². The van der Waals surface area contributed by atoms with Gasteiger partial charge in [-0.3, -0.25) is 9.59 Å². The standard InChI is InChI=1S/C15H27N3O2/c19-14-11-12(7-8-17-14)15(20)18-10-9-16-13-5-3-1-2-4-6-13/h12-13,16H,1-11H2,(H,17,19)(H,18,20). The normalized spacial score (nSPS) is 24.8. The second-order valence-electron chi connectivity index (χ2n) is 5.97. The summed E-state index contributed by atoms with van der Waals surface area (Å²) in [6, 6.07) is 0.620. The molecule has 114 valence electrons. The van der Waals surface area contributed by atoms with Crippen molar-refractivity contribution in [1.29, 1.82) is 0 Å². The molecular formula is C15H27N3O2. The van der Waals surface area contributed by atoms with Gasteiger partial charge in [-0.1, -0.05) is 25.7 Å². The lowest BCUT2D eigenvalue weighted by molar-refractivity contribution is -0.132. The van der Waals surface area contributed by atoms with E-state index in [1.807, 2.05) is 0 Å². The van der Waals surface area contributed by atoms with E-state index in [9.17, 15) is 9.59 Å². The van der Waals surface area contributed by atoms with Crippen LogP contribution in [-0.2, 0) is 9.59 Å². The van der Waals surface area contributed by atoms with Gasteiger partial charge in [0, 0.05) is 38.0 Å². The lowest BCUT2D eigenvalue weighted by atomic mass is 9.97. The van der Waals surface area contributed by atoms with Gasteiger partial charge in [0.2, 0.25) is 11.8 Å². The van der Waals surface area contributed by atoms with E-state index in [2.05, 4.69) is 16.0 Å². The van der Waals surface area contributed by atoms with Gasteiger partial charge in [0.25, 0.3) is 0 Å². The SMILES string of the molecule is O=C1CC(C(=O)NCCNC2CCCCCC2)CCN1. The molecule has 0 spiro atoms. The number of hydrogen-bond donors (Lipinski definition) is 3. The van der Waals surface area contributed by atoms with Crippen LogP contribution in [0.3, 0.4) is 0 Å². The van der Waals surface area contributed by atoms with Crippen molar-refractivity contribution in [2.24, 2.45) is 5.92 Å². The fraction of sp³-hybridized carbons (Fsp3) is 0.867. The third-order valence-corrected chi connectivity index (χ3v) is 4.33. The van der Waals surface area contributed by atoms with Crippen molar-refractivity contribution in [3.8, 4) is 0 Å². The summed E-state index contributed by atoms with van der Waals surface area (Å²) >= 11 is 0. The summed E-state index contributed by atoms with van der Waals surface area (Å²) in [7, 11) is 0. The molecule has 1 saturated carbocycles. The molecule has 1 heterocycles. The zero-order valence-electron chi connectivity index (χ0n) is 12.2. The summed E-state index contributed by atoms with van der Waals surface area (Å²) in [5.41, 5.74) is 0. The minimum absolute atomic E-state index is 0.00650. The van der Waals surface area contributed by atoms with Crippen molar-refractivity contribution in [2.45, 2.75) is 57.4 Å². The van der Waals surface area contributed by atoms with Gasteiger partial charge in [-0.15, -0.1) is 0 Å². The monoisotopic (exact) mass is 281 g/mol. The molecule has 2 rings (SSSR count). The molecule has 2 aliphatic rings. The highest BCUT2D eigenvalue weighted by atomic mass is 16.2. The van der Waals surface area contributed by atoms with Crippen LogP contribution < -0.4 is 16.0 Å². The topological polar surface area (TPSA) is 70.2 Å². The molecule has 0 bridgehead atoms. The average molecular weight is 281 g/mol. The van der Waals surface area contributed by atoms with Crippen LogP contribution in [0.25, 0.3) is 0 Å². The predicted molar refractivity (Wildman–Crippen MR) is 78.2 cm³/mol. The first-order valence-corrected chi connectivity index (χ1v) is 8.03. The Morgan fingerprint density at radius 3 is 2.55 bits per heavy atom. The third kappa shape index (κ3) is 5.12. The summed E-state index contributed by atoms with van der Waals surface area (Å²) in [5.74, 6) is -0.114. The maximum atomic E-state index is 11.9. The lowest BCUT2D eigenvalue weighted by Gasteiger charge is -2.22. The molecule has 1 aliphatic carbocycles. The van der Waals surface area contributed by atoms with E-state index in [0.29, 0.717) is 25.6 Å². The fourth-order valence-corrected chi connectivity index (χ4v) is 3.10. The fourth-order valence-electron chi connectivity index (χ4n) is 3.10. The van der Waals surface area contributed by atoms with E-state index < -0.39 is 0 Å². The van der Waals surface area contributed by atoms with Gasteiger partial charge in [0.15, 0.2) is 0 Å². The van der Waals surface area contributed by atoms with Gasteiger partial charge in [-0.05, 0) is 19.3 Å². The van der Waals surface area contributed by atoms with Crippen LogP contribution in [0.5, 0.6) is 0 Å². The van der Waals surface area contributed by atoms with Gasteiger partial charge in [0.05, 0.1) is 0 Å². The molecule has 1 atom stereocenters. The Bertz CT molecular complexity index is 325. The quantitative estimate of drug-likeness (QED) is 0.519. The van der Waals surface area contributed by atoms with Gasteiger partial charge in [0.1, 0.15) is 0 Å². The Morgan fingerprint density at radius 1 is 1.10 bits per heavy atom. The molecule has 2 amide bonds. The molecular weight excluding hydrogens is 254 g/mol. The van der Waals surface area contributed by atoms with Crippen molar-refractivity contribution in [3.05, 3.63) is 0 Å². The average Bonchev–Trinajstić information content (AvgIpc) is 2.72. The van der Waals surface area contributed by atoms with E-state index in [1.54, 1.807) is 0 Å². The summed E-state index contributed by atoms with van der Waals surface area (Å²) in [6.07, 6.45) is 8.97. The molecule has 0 aromatic heterocycles. The Hall–Kier alpha value is -1.10. The molecule has 1 saturated heterocycles. The van der Waals surface area contributed by atoms with Crippen LogP contribution >= 0.6 is 0 Å². The second kappa shape index (κ2) is 8.25. The summed E-state index contributed by atoms with van der Waals surface area (Å²) in [4.78, 5) is 23.2. The third-order valence-electron chi connectivity index (χ3n) is 4.33. The van der Waals surface area contributed by atoms with E-state index >= 15 is 0 Å². The summed E-state index contributed by atoms with van der Waals surface area (Å²) in [5, 5.41) is 9.23. The first-order chi connectivity index (χ1) is 9.75. The largest absolute Gasteiger partial charge is 0.356 e. The summed E-state index contributed by atoms with van der Waals surface area (Å²) in [6.45, 7) is 2.11. The number of nitrogens with one attached hydrogen (secondary N) is 3. The molecule has 2 fully saturated rings. The zero-order chi connectivity index (χ0) is 14.2. The van der Waals surface area contributed by atoms with E-state index in [0.717, 1.165) is 13.0 Å². The van der Waals surface area contributed by atoms with Crippen LogP contribution in [0.1, 0.15) is 51.4 Å². The number of amides is 2. The van der Waals surface area contributed by atoms with Gasteiger partial charge in [-0.25, -0.2) is 0 Å². The predicted octanol–water partition coefficient (Wildman–Crippen LogP) is 0.941. The molecule has 5 heteroatoms. The van der Waals surface area contributed by atoms with Crippen LogP contribution in [0, 0.1) is 5.92 Å². The van der Waals surface area contributed by atoms with Crippen molar-refractivity contribution < 1.29 is 9.59 Å². The molecule has 20 heavy (non-hydrogen) atoms. The minimum atomic E-state index is -0.137. The Kier molecular flexibility index (Phi) is 6.30. The Balaban J connectivity index is 1.57.